The number of halogens is 1. The molecule has 0 aliphatic rings. The Labute approximate surface area is 175 Å². The third-order valence-electron chi connectivity index (χ3n) is 5.49. The van der Waals surface area contributed by atoms with Crippen LogP contribution in [0.15, 0.2) is 24.3 Å². The Balaban J connectivity index is 2.61. The number of hydrogen-bond acceptors (Lipinski definition) is 3. The first-order valence-electron chi connectivity index (χ1n) is 9.55. The maximum Gasteiger partial charge on any atom is 0.191 e. The number of benzene rings is 1. The molecule has 0 heterocycles. The zero-order valence-electron chi connectivity index (χ0n) is 17.6. The van der Waals surface area contributed by atoms with E-state index in [4.69, 9.17) is 13.9 Å². The third kappa shape index (κ3) is 7.86. The van der Waals surface area contributed by atoms with E-state index in [1.807, 2.05) is 12.1 Å². The van der Waals surface area contributed by atoms with Crippen molar-refractivity contribution in [2.24, 2.45) is 5.92 Å². The summed E-state index contributed by atoms with van der Waals surface area (Å²) in [5.74, 6) is 1.42. The van der Waals surface area contributed by atoms with Crippen LogP contribution in [0.25, 0.3) is 0 Å². The second-order valence-electron chi connectivity index (χ2n) is 8.55. The molecule has 0 radical (unpaired) electrons. The molecule has 2 atom stereocenters. The Bertz CT molecular complexity index is 511. The molecule has 3 nitrogen and oxygen atoms in total. The fraction of sp³-hybridized carbons (Fsp3) is 0.714. The summed E-state index contributed by atoms with van der Waals surface area (Å²) in [7, 11) is -0.00325. The van der Waals surface area contributed by atoms with E-state index in [2.05, 4.69) is 75.5 Å². The van der Waals surface area contributed by atoms with Gasteiger partial charge in [0.25, 0.3) is 0 Å². The lowest BCUT2D eigenvalue weighted by Crippen LogP contribution is -2.41. The summed E-state index contributed by atoms with van der Waals surface area (Å²) in [6, 6.07) is 8.13. The average molecular weight is 493 g/mol. The van der Waals surface area contributed by atoms with Crippen LogP contribution in [0.3, 0.4) is 0 Å². The van der Waals surface area contributed by atoms with Gasteiger partial charge in [-0.1, -0.05) is 62.4 Å². The molecule has 0 aliphatic carbocycles. The van der Waals surface area contributed by atoms with Crippen molar-refractivity contribution in [3.63, 3.8) is 0 Å². The number of alkyl halides is 1. The second-order valence-corrected chi connectivity index (χ2v) is 14.4. The lowest BCUT2D eigenvalue weighted by Gasteiger charge is -2.37. The van der Waals surface area contributed by atoms with Gasteiger partial charge in [0.05, 0.1) is 19.8 Å². The molecule has 0 saturated heterocycles. The number of ether oxygens (including phenoxy) is 2. The van der Waals surface area contributed by atoms with Gasteiger partial charge in [-0.05, 0) is 59.0 Å². The zero-order chi connectivity index (χ0) is 19.8. The van der Waals surface area contributed by atoms with Gasteiger partial charge in [-0.3, -0.25) is 0 Å². The Morgan fingerprint density at radius 3 is 2.19 bits per heavy atom. The maximum absolute atomic E-state index is 6.38. The topological polar surface area (TPSA) is 27.7 Å². The van der Waals surface area contributed by atoms with E-state index in [1.54, 1.807) is 7.11 Å². The minimum Gasteiger partial charge on any atom is -0.497 e. The van der Waals surface area contributed by atoms with Crippen molar-refractivity contribution in [1.82, 2.24) is 0 Å². The molecule has 1 aromatic carbocycles. The molecule has 0 unspecified atom stereocenters. The molecular formula is C21H37IO3Si. The molecule has 150 valence electrons. The van der Waals surface area contributed by atoms with Crippen LogP contribution in [0.4, 0.5) is 0 Å². The smallest absolute Gasteiger partial charge is 0.191 e. The Morgan fingerprint density at radius 2 is 1.69 bits per heavy atom. The zero-order valence-corrected chi connectivity index (χ0v) is 20.8. The summed E-state index contributed by atoms with van der Waals surface area (Å²) in [6.07, 6.45) is 2.37. The number of hydrogen-bond donors (Lipinski definition) is 0. The standard InChI is InChI=1S/C21H37IO3Si/c1-17(12-14-22)20(13-15-25-26(6,7)21(2,3)4)24-16-18-8-10-19(23-5)11-9-18/h8-11,17,20H,12-16H2,1-7H3/t17-,20+/m0/s1. The van der Waals surface area contributed by atoms with Gasteiger partial charge in [-0.15, -0.1) is 0 Å². The third-order valence-corrected chi connectivity index (χ3v) is 10.7. The van der Waals surface area contributed by atoms with Gasteiger partial charge in [-0.25, -0.2) is 0 Å². The van der Waals surface area contributed by atoms with E-state index in [1.165, 1.54) is 12.0 Å². The van der Waals surface area contributed by atoms with Crippen LogP contribution in [0.1, 0.15) is 46.1 Å². The van der Waals surface area contributed by atoms with Crippen molar-refractivity contribution >= 4 is 30.9 Å². The summed E-state index contributed by atoms with van der Waals surface area (Å²) < 4.78 is 19.1. The molecule has 0 fully saturated rings. The number of methoxy groups -OCH3 is 1. The number of rotatable bonds is 11. The maximum atomic E-state index is 6.38. The van der Waals surface area contributed by atoms with Crippen LogP contribution < -0.4 is 4.74 Å². The highest BCUT2D eigenvalue weighted by atomic mass is 127. The monoisotopic (exact) mass is 492 g/mol. The van der Waals surface area contributed by atoms with E-state index in [0.29, 0.717) is 12.5 Å². The van der Waals surface area contributed by atoms with Gasteiger partial charge in [-0.2, -0.15) is 0 Å². The normalized spacial score (nSPS) is 14.9. The van der Waals surface area contributed by atoms with Crippen molar-refractivity contribution in [1.29, 1.82) is 0 Å². The van der Waals surface area contributed by atoms with Crippen LogP contribution in [0, 0.1) is 5.92 Å². The Hall–Kier alpha value is -0.113. The first-order chi connectivity index (χ1) is 12.1. The van der Waals surface area contributed by atoms with E-state index in [-0.39, 0.29) is 11.1 Å². The van der Waals surface area contributed by atoms with Crippen molar-refractivity contribution < 1.29 is 13.9 Å². The highest BCUT2D eigenvalue weighted by Crippen LogP contribution is 2.36. The van der Waals surface area contributed by atoms with Crippen molar-refractivity contribution in [3.8, 4) is 5.75 Å². The van der Waals surface area contributed by atoms with E-state index >= 15 is 0 Å². The average Bonchev–Trinajstić information content (AvgIpc) is 2.57. The SMILES string of the molecule is COc1ccc(CO[C@H](CCO[Si](C)(C)C(C)(C)C)[C@@H](C)CCI)cc1. The van der Waals surface area contributed by atoms with Gasteiger partial charge in [0.2, 0.25) is 0 Å². The fourth-order valence-corrected chi connectivity index (χ4v) is 4.51. The molecule has 0 aromatic heterocycles. The molecule has 1 rings (SSSR count). The van der Waals surface area contributed by atoms with E-state index in [9.17, 15) is 0 Å². The summed E-state index contributed by atoms with van der Waals surface area (Å²) in [5.41, 5.74) is 1.18. The predicted octanol–water partition coefficient (Wildman–Crippen LogP) is 6.45. The van der Waals surface area contributed by atoms with Gasteiger partial charge in [0.15, 0.2) is 8.32 Å². The van der Waals surface area contributed by atoms with Crippen molar-refractivity contribution in [2.75, 3.05) is 18.1 Å². The molecule has 0 spiro atoms. The van der Waals surface area contributed by atoms with Gasteiger partial charge < -0.3 is 13.9 Å². The predicted molar refractivity (Wildman–Crippen MR) is 122 cm³/mol. The second kappa shape index (κ2) is 11.0. The lowest BCUT2D eigenvalue weighted by atomic mass is 9.99. The summed E-state index contributed by atoms with van der Waals surface area (Å²) >= 11 is 2.45. The molecule has 1 aromatic rings. The molecule has 26 heavy (non-hydrogen) atoms. The van der Waals surface area contributed by atoms with Gasteiger partial charge in [0.1, 0.15) is 5.75 Å². The van der Waals surface area contributed by atoms with Crippen LogP contribution in [-0.4, -0.2) is 32.6 Å². The van der Waals surface area contributed by atoms with Crippen LogP contribution in [0.2, 0.25) is 18.1 Å². The molecular weight excluding hydrogens is 455 g/mol. The first-order valence-corrected chi connectivity index (χ1v) is 14.0. The van der Waals surface area contributed by atoms with Crippen LogP contribution in [0.5, 0.6) is 5.75 Å². The molecule has 0 bridgehead atoms. The molecule has 0 amide bonds. The quantitative estimate of drug-likeness (QED) is 0.202. The Morgan fingerprint density at radius 1 is 1.08 bits per heavy atom. The van der Waals surface area contributed by atoms with Gasteiger partial charge >= 0.3 is 0 Å². The van der Waals surface area contributed by atoms with Crippen molar-refractivity contribution in [3.05, 3.63) is 29.8 Å². The van der Waals surface area contributed by atoms with Crippen LogP contribution in [-0.2, 0) is 15.8 Å². The van der Waals surface area contributed by atoms with E-state index in [0.717, 1.165) is 23.2 Å². The Kier molecular flexibility index (Phi) is 10.1. The van der Waals surface area contributed by atoms with E-state index < -0.39 is 8.32 Å². The summed E-state index contributed by atoms with van der Waals surface area (Å²) in [5, 5.41) is 0.250. The van der Waals surface area contributed by atoms with Gasteiger partial charge in [0, 0.05) is 6.61 Å². The largest absolute Gasteiger partial charge is 0.497 e. The minimum atomic E-state index is -1.69. The summed E-state index contributed by atoms with van der Waals surface area (Å²) in [4.78, 5) is 0. The van der Waals surface area contributed by atoms with Crippen LogP contribution >= 0.6 is 22.6 Å². The summed E-state index contributed by atoms with van der Waals surface area (Å²) in [6.45, 7) is 15.2. The fourth-order valence-electron chi connectivity index (χ4n) is 2.46. The molecule has 0 saturated carbocycles. The molecule has 5 heteroatoms. The first kappa shape index (κ1) is 23.9. The van der Waals surface area contributed by atoms with Crippen molar-refractivity contribution in [2.45, 2.75) is 71.4 Å². The minimum absolute atomic E-state index is 0.233. The highest BCUT2D eigenvalue weighted by molar-refractivity contribution is 14.1. The molecule has 0 aliphatic heterocycles. The lowest BCUT2D eigenvalue weighted by molar-refractivity contribution is -0.00825. The highest BCUT2D eigenvalue weighted by Gasteiger charge is 2.37. The molecule has 0 N–H and O–H groups in total.